The van der Waals surface area contributed by atoms with E-state index in [-0.39, 0.29) is 0 Å². The van der Waals surface area contributed by atoms with Crippen LogP contribution in [0.25, 0.3) is 0 Å². The molecule has 1 aromatic heterocycles. The summed E-state index contributed by atoms with van der Waals surface area (Å²) in [6.07, 6.45) is 3.25. The van der Waals surface area contributed by atoms with Crippen LogP contribution in [0.5, 0.6) is 0 Å². The minimum Gasteiger partial charge on any atom is -0.371 e. The molecule has 16 heavy (non-hydrogen) atoms. The van der Waals surface area contributed by atoms with Crippen LogP contribution in [0.15, 0.2) is 18.3 Å². The number of rotatable bonds is 1. The zero-order valence-corrected chi connectivity index (χ0v) is 9.82. The number of fused-ring (bicyclic) bond motifs is 1. The average Bonchev–Trinajstić information content (AvgIpc) is 2.75. The Kier molecular flexibility index (Phi) is 2.56. The van der Waals surface area contributed by atoms with Crippen LogP contribution in [0.4, 0.5) is 5.69 Å². The van der Waals surface area contributed by atoms with Crippen molar-refractivity contribution in [2.45, 2.75) is 13.3 Å². The second kappa shape index (κ2) is 4.06. The Morgan fingerprint density at radius 1 is 1.38 bits per heavy atom. The van der Waals surface area contributed by atoms with Crippen LogP contribution in [-0.2, 0) is 0 Å². The van der Waals surface area contributed by atoms with E-state index in [2.05, 4.69) is 34.3 Å². The summed E-state index contributed by atoms with van der Waals surface area (Å²) in [5.74, 6) is 1.77. The number of hydrogen-bond acceptors (Lipinski definition) is 3. The number of aromatic nitrogens is 1. The smallest absolute Gasteiger partial charge is 0.0399 e. The number of anilines is 1. The minimum atomic E-state index is 0.849. The first-order valence-electron chi connectivity index (χ1n) is 6.21. The lowest BCUT2D eigenvalue weighted by Crippen LogP contribution is -2.40. The van der Waals surface area contributed by atoms with E-state index in [1.54, 1.807) is 0 Å². The highest BCUT2D eigenvalue weighted by atomic mass is 15.2. The van der Waals surface area contributed by atoms with Crippen molar-refractivity contribution in [1.82, 2.24) is 10.3 Å². The molecule has 0 radical (unpaired) electrons. The van der Waals surface area contributed by atoms with Gasteiger partial charge in [0.15, 0.2) is 0 Å². The topological polar surface area (TPSA) is 28.2 Å². The molecule has 0 amide bonds. The van der Waals surface area contributed by atoms with Gasteiger partial charge in [-0.15, -0.1) is 0 Å². The molecule has 2 aliphatic heterocycles. The Bertz CT molecular complexity index is 377. The van der Waals surface area contributed by atoms with Crippen LogP contribution < -0.4 is 10.2 Å². The number of piperidine rings is 1. The van der Waals surface area contributed by atoms with Gasteiger partial charge in [0.1, 0.15) is 0 Å². The van der Waals surface area contributed by atoms with Gasteiger partial charge in [0, 0.05) is 30.7 Å². The van der Waals surface area contributed by atoms with E-state index in [1.165, 1.54) is 38.3 Å². The van der Waals surface area contributed by atoms with Crippen molar-refractivity contribution in [3.63, 3.8) is 0 Å². The van der Waals surface area contributed by atoms with E-state index >= 15 is 0 Å². The molecular formula is C13H19N3. The third-order valence-corrected chi connectivity index (χ3v) is 3.95. The van der Waals surface area contributed by atoms with E-state index < -0.39 is 0 Å². The van der Waals surface area contributed by atoms with Crippen molar-refractivity contribution >= 4 is 5.69 Å². The highest BCUT2D eigenvalue weighted by molar-refractivity contribution is 5.47. The maximum absolute atomic E-state index is 4.26. The van der Waals surface area contributed by atoms with Gasteiger partial charge in [-0.25, -0.2) is 0 Å². The van der Waals surface area contributed by atoms with Crippen molar-refractivity contribution < 1.29 is 0 Å². The zero-order chi connectivity index (χ0) is 11.0. The van der Waals surface area contributed by atoms with Crippen LogP contribution in [0.3, 0.4) is 0 Å². The summed E-state index contributed by atoms with van der Waals surface area (Å²) >= 11 is 0. The van der Waals surface area contributed by atoms with Gasteiger partial charge in [-0.1, -0.05) is 0 Å². The SMILES string of the molecule is Cc1cc(N2CCC3CNCC3C2)ccn1. The van der Waals surface area contributed by atoms with E-state index in [1.807, 2.05) is 6.20 Å². The molecule has 1 aromatic rings. The Labute approximate surface area is 96.9 Å². The van der Waals surface area contributed by atoms with Crippen molar-refractivity contribution in [3.05, 3.63) is 24.0 Å². The van der Waals surface area contributed by atoms with Crippen molar-refractivity contribution in [2.75, 3.05) is 31.1 Å². The van der Waals surface area contributed by atoms with E-state index in [9.17, 15) is 0 Å². The van der Waals surface area contributed by atoms with Gasteiger partial charge in [-0.2, -0.15) is 0 Å². The predicted molar refractivity (Wildman–Crippen MR) is 65.7 cm³/mol. The largest absolute Gasteiger partial charge is 0.371 e. The normalized spacial score (nSPS) is 29.2. The summed E-state index contributed by atoms with van der Waals surface area (Å²) in [6, 6.07) is 4.33. The number of nitrogens with one attached hydrogen (secondary N) is 1. The summed E-state index contributed by atoms with van der Waals surface area (Å²) in [4.78, 5) is 6.78. The van der Waals surface area contributed by atoms with Gasteiger partial charge >= 0.3 is 0 Å². The molecule has 3 heteroatoms. The summed E-state index contributed by atoms with van der Waals surface area (Å²) in [5.41, 5.74) is 2.46. The summed E-state index contributed by atoms with van der Waals surface area (Å²) in [5, 5.41) is 3.51. The third-order valence-electron chi connectivity index (χ3n) is 3.95. The Hall–Kier alpha value is -1.09. The lowest BCUT2D eigenvalue weighted by molar-refractivity contribution is 0.349. The van der Waals surface area contributed by atoms with Crippen molar-refractivity contribution in [3.8, 4) is 0 Å². The standard InChI is InChI=1S/C13H19N3/c1-10-6-13(2-4-15-10)16-5-3-11-7-14-8-12(11)9-16/h2,4,6,11-12,14H,3,5,7-9H2,1H3. The maximum atomic E-state index is 4.26. The first-order chi connectivity index (χ1) is 7.83. The molecule has 0 spiro atoms. The molecular weight excluding hydrogens is 198 g/mol. The molecule has 0 bridgehead atoms. The monoisotopic (exact) mass is 217 g/mol. The van der Waals surface area contributed by atoms with E-state index in [4.69, 9.17) is 0 Å². The molecule has 2 aliphatic rings. The van der Waals surface area contributed by atoms with Crippen LogP contribution in [0.2, 0.25) is 0 Å². The number of nitrogens with zero attached hydrogens (tertiary/aromatic N) is 2. The first-order valence-corrected chi connectivity index (χ1v) is 6.21. The fourth-order valence-electron chi connectivity index (χ4n) is 3.00. The van der Waals surface area contributed by atoms with Gasteiger partial charge in [-0.05, 0) is 50.4 Å². The molecule has 3 rings (SSSR count). The van der Waals surface area contributed by atoms with Gasteiger partial charge in [0.05, 0.1) is 0 Å². The van der Waals surface area contributed by atoms with Gasteiger partial charge in [-0.3, -0.25) is 4.98 Å². The molecule has 2 fully saturated rings. The second-order valence-corrected chi connectivity index (χ2v) is 5.07. The summed E-state index contributed by atoms with van der Waals surface area (Å²) < 4.78 is 0. The Morgan fingerprint density at radius 3 is 3.12 bits per heavy atom. The zero-order valence-electron chi connectivity index (χ0n) is 9.82. The first kappa shape index (κ1) is 10.1. The van der Waals surface area contributed by atoms with Crippen LogP contribution in [0, 0.1) is 18.8 Å². The third kappa shape index (κ3) is 1.80. The van der Waals surface area contributed by atoms with E-state index in [0.717, 1.165) is 17.5 Å². The maximum Gasteiger partial charge on any atom is 0.0399 e. The van der Waals surface area contributed by atoms with Gasteiger partial charge in [0.25, 0.3) is 0 Å². The lowest BCUT2D eigenvalue weighted by atomic mass is 9.88. The van der Waals surface area contributed by atoms with Crippen molar-refractivity contribution in [1.29, 1.82) is 0 Å². The highest BCUT2D eigenvalue weighted by Crippen LogP contribution is 2.29. The molecule has 3 heterocycles. The molecule has 0 saturated carbocycles. The van der Waals surface area contributed by atoms with Gasteiger partial charge in [0.2, 0.25) is 0 Å². The molecule has 0 aliphatic carbocycles. The summed E-state index contributed by atoms with van der Waals surface area (Å²) in [6.45, 7) is 6.90. The second-order valence-electron chi connectivity index (χ2n) is 5.07. The quantitative estimate of drug-likeness (QED) is 0.771. The fraction of sp³-hybridized carbons (Fsp3) is 0.615. The van der Waals surface area contributed by atoms with E-state index in [0.29, 0.717) is 0 Å². The molecule has 2 unspecified atom stereocenters. The molecule has 0 aromatic carbocycles. The van der Waals surface area contributed by atoms with Crippen molar-refractivity contribution in [2.24, 2.45) is 11.8 Å². The minimum absolute atomic E-state index is 0.849. The molecule has 2 atom stereocenters. The lowest BCUT2D eigenvalue weighted by Gasteiger charge is -2.36. The Balaban J connectivity index is 1.76. The van der Waals surface area contributed by atoms with Crippen LogP contribution >= 0.6 is 0 Å². The summed E-state index contributed by atoms with van der Waals surface area (Å²) in [7, 11) is 0. The number of hydrogen-bond donors (Lipinski definition) is 1. The Morgan fingerprint density at radius 2 is 2.25 bits per heavy atom. The molecule has 86 valence electrons. The average molecular weight is 217 g/mol. The number of aryl methyl sites for hydroxylation is 1. The molecule has 3 nitrogen and oxygen atoms in total. The molecule has 1 N–H and O–H groups in total. The number of pyridine rings is 1. The van der Waals surface area contributed by atoms with Gasteiger partial charge < -0.3 is 10.2 Å². The highest BCUT2D eigenvalue weighted by Gasteiger charge is 2.32. The molecule has 2 saturated heterocycles. The van der Waals surface area contributed by atoms with Crippen LogP contribution in [-0.4, -0.2) is 31.2 Å². The predicted octanol–water partition coefficient (Wildman–Crippen LogP) is 1.44. The fourth-order valence-corrected chi connectivity index (χ4v) is 3.00. The van der Waals surface area contributed by atoms with Crippen LogP contribution in [0.1, 0.15) is 12.1 Å².